The SMILES string of the molecule is CCOc1ccc(N(CC(=O)N(Cc2ccc(C)cc2)[C@H](CC)C(=O)NC(C)C)S(=O)(=O)c2ccc(OC)c(OC)c2)cc1. The molecule has 238 valence electrons. The summed E-state index contributed by atoms with van der Waals surface area (Å²) >= 11 is 0. The second kappa shape index (κ2) is 15.5. The van der Waals surface area contributed by atoms with Gasteiger partial charge >= 0.3 is 0 Å². The van der Waals surface area contributed by atoms with Crippen LogP contribution in [0.1, 0.15) is 45.2 Å². The Bertz CT molecular complexity index is 1510. The van der Waals surface area contributed by atoms with Crippen LogP contribution in [0.4, 0.5) is 5.69 Å². The van der Waals surface area contributed by atoms with Gasteiger partial charge in [0.25, 0.3) is 10.0 Å². The Kier molecular flexibility index (Phi) is 12.0. The van der Waals surface area contributed by atoms with Gasteiger partial charge in [-0.15, -0.1) is 0 Å². The molecule has 0 aliphatic rings. The van der Waals surface area contributed by atoms with Crippen molar-refractivity contribution in [2.24, 2.45) is 0 Å². The zero-order chi connectivity index (χ0) is 32.4. The summed E-state index contributed by atoms with van der Waals surface area (Å²) in [5.41, 5.74) is 2.13. The van der Waals surface area contributed by atoms with Gasteiger partial charge < -0.3 is 24.4 Å². The van der Waals surface area contributed by atoms with Crippen molar-refractivity contribution < 1.29 is 32.2 Å². The summed E-state index contributed by atoms with van der Waals surface area (Å²) in [5, 5.41) is 2.90. The number of hydrogen-bond donors (Lipinski definition) is 1. The normalized spacial score (nSPS) is 11.9. The highest BCUT2D eigenvalue weighted by Crippen LogP contribution is 2.33. The quantitative estimate of drug-likeness (QED) is 0.255. The summed E-state index contributed by atoms with van der Waals surface area (Å²) in [7, 11) is -1.43. The number of benzene rings is 3. The highest BCUT2D eigenvalue weighted by Gasteiger charge is 2.34. The molecular weight excluding hydrogens is 582 g/mol. The first kappa shape index (κ1) is 34.2. The molecule has 2 amide bonds. The lowest BCUT2D eigenvalue weighted by molar-refractivity contribution is -0.140. The van der Waals surface area contributed by atoms with E-state index in [1.54, 1.807) is 24.3 Å². The Morgan fingerprint density at radius 1 is 0.886 bits per heavy atom. The molecular formula is C33H43N3O7S. The van der Waals surface area contributed by atoms with Gasteiger partial charge in [-0.05, 0) is 76.1 Å². The highest BCUT2D eigenvalue weighted by atomic mass is 32.2. The number of aryl methyl sites for hydroxylation is 1. The van der Waals surface area contributed by atoms with E-state index in [4.69, 9.17) is 14.2 Å². The smallest absolute Gasteiger partial charge is 0.264 e. The van der Waals surface area contributed by atoms with Crippen LogP contribution in [0, 0.1) is 6.92 Å². The maximum absolute atomic E-state index is 14.2. The Hall–Kier alpha value is -4.25. The Morgan fingerprint density at radius 3 is 2.07 bits per heavy atom. The van der Waals surface area contributed by atoms with E-state index in [1.165, 1.54) is 37.3 Å². The molecule has 0 aliphatic carbocycles. The third-order valence-electron chi connectivity index (χ3n) is 6.95. The minimum Gasteiger partial charge on any atom is -0.494 e. The minimum atomic E-state index is -4.31. The predicted octanol–water partition coefficient (Wildman–Crippen LogP) is 4.94. The summed E-state index contributed by atoms with van der Waals surface area (Å²) in [4.78, 5) is 28.9. The zero-order valence-electron chi connectivity index (χ0n) is 26.5. The van der Waals surface area contributed by atoms with Crippen LogP contribution in [0.2, 0.25) is 0 Å². The molecule has 44 heavy (non-hydrogen) atoms. The Balaban J connectivity index is 2.11. The van der Waals surface area contributed by atoms with Crippen molar-refractivity contribution in [2.45, 2.75) is 64.6 Å². The summed E-state index contributed by atoms with van der Waals surface area (Å²) < 4.78 is 45.7. The van der Waals surface area contributed by atoms with Gasteiger partial charge in [0.2, 0.25) is 11.8 Å². The lowest BCUT2D eigenvalue weighted by Crippen LogP contribution is -2.53. The molecule has 0 saturated heterocycles. The van der Waals surface area contributed by atoms with E-state index in [1.807, 2.05) is 58.9 Å². The monoisotopic (exact) mass is 625 g/mol. The van der Waals surface area contributed by atoms with Crippen LogP contribution >= 0.6 is 0 Å². The summed E-state index contributed by atoms with van der Waals surface area (Å²) in [6.45, 7) is 9.34. The minimum absolute atomic E-state index is 0.0912. The van der Waals surface area contributed by atoms with E-state index in [2.05, 4.69) is 5.32 Å². The van der Waals surface area contributed by atoms with E-state index >= 15 is 0 Å². The molecule has 3 rings (SSSR count). The first-order valence-corrected chi connectivity index (χ1v) is 16.0. The number of ether oxygens (including phenoxy) is 3. The molecule has 0 aliphatic heterocycles. The summed E-state index contributed by atoms with van der Waals surface area (Å²) in [6.07, 6.45) is 0.335. The van der Waals surface area contributed by atoms with Crippen LogP contribution < -0.4 is 23.8 Å². The van der Waals surface area contributed by atoms with Crippen molar-refractivity contribution in [3.63, 3.8) is 0 Å². The number of carbonyl (C=O) groups excluding carboxylic acids is 2. The van der Waals surface area contributed by atoms with Crippen molar-refractivity contribution in [3.8, 4) is 17.2 Å². The largest absolute Gasteiger partial charge is 0.494 e. The fourth-order valence-electron chi connectivity index (χ4n) is 4.70. The molecule has 0 saturated carbocycles. The van der Waals surface area contributed by atoms with Gasteiger partial charge in [-0.25, -0.2) is 8.42 Å². The number of anilines is 1. The average Bonchev–Trinajstić information content (AvgIpc) is 3.00. The van der Waals surface area contributed by atoms with Crippen LogP contribution in [-0.2, 0) is 26.2 Å². The topological polar surface area (TPSA) is 114 Å². The Morgan fingerprint density at radius 2 is 1.52 bits per heavy atom. The van der Waals surface area contributed by atoms with Gasteiger partial charge in [0.1, 0.15) is 18.3 Å². The fraction of sp³-hybridized carbons (Fsp3) is 0.394. The van der Waals surface area contributed by atoms with Gasteiger partial charge in [0.15, 0.2) is 11.5 Å². The molecule has 0 fully saturated rings. The molecule has 10 nitrogen and oxygen atoms in total. The number of amides is 2. The molecule has 3 aromatic rings. The van der Waals surface area contributed by atoms with Crippen LogP contribution in [-0.4, -0.2) is 64.6 Å². The molecule has 0 bridgehead atoms. The average molecular weight is 626 g/mol. The lowest BCUT2D eigenvalue weighted by atomic mass is 10.1. The third-order valence-corrected chi connectivity index (χ3v) is 8.72. The van der Waals surface area contributed by atoms with Crippen LogP contribution in [0.15, 0.2) is 71.6 Å². The van der Waals surface area contributed by atoms with E-state index in [-0.39, 0.29) is 34.8 Å². The van der Waals surface area contributed by atoms with Crippen LogP contribution in [0.3, 0.4) is 0 Å². The number of sulfonamides is 1. The molecule has 0 unspecified atom stereocenters. The number of nitrogens with zero attached hydrogens (tertiary/aromatic N) is 2. The second-order valence-electron chi connectivity index (χ2n) is 10.5. The number of methoxy groups -OCH3 is 2. The van der Waals surface area contributed by atoms with E-state index in [0.29, 0.717) is 24.5 Å². The second-order valence-corrected chi connectivity index (χ2v) is 12.4. The summed E-state index contributed by atoms with van der Waals surface area (Å²) in [6, 6.07) is 17.4. The molecule has 11 heteroatoms. The van der Waals surface area contributed by atoms with Gasteiger partial charge in [0.05, 0.1) is 31.4 Å². The summed E-state index contributed by atoms with van der Waals surface area (Å²) in [5.74, 6) is 0.307. The lowest BCUT2D eigenvalue weighted by Gasteiger charge is -2.33. The molecule has 1 N–H and O–H groups in total. The molecule has 3 aromatic carbocycles. The van der Waals surface area contributed by atoms with Crippen molar-refractivity contribution in [1.29, 1.82) is 0 Å². The van der Waals surface area contributed by atoms with Crippen molar-refractivity contribution in [1.82, 2.24) is 10.2 Å². The fourth-order valence-corrected chi connectivity index (χ4v) is 6.13. The van der Waals surface area contributed by atoms with Crippen molar-refractivity contribution in [2.75, 3.05) is 31.7 Å². The maximum Gasteiger partial charge on any atom is 0.264 e. The van der Waals surface area contributed by atoms with Crippen LogP contribution in [0.25, 0.3) is 0 Å². The van der Waals surface area contributed by atoms with Gasteiger partial charge in [0, 0.05) is 18.7 Å². The first-order chi connectivity index (χ1) is 20.9. The van der Waals surface area contributed by atoms with Crippen LogP contribution in [0.5, 0.6) is 17.2 Å². The van der Waals surface area contributed by atoms with Crippen molar-refractivity contribution in [3.05, 3.63) is 77.9 Å². The standard InChI is InChI=1S/C33H43N3O7S/c1-8-29(33(38)34-23(3)4)35(21-25-12-10-24(5)11-13-25)32(37)22-36(26-14-16-27(17-15-26)43-9-2)44(39,40)28-18-19-30(41-6)31(20-28)42-7/h10-20,23,29H,8-9,21-22H2,1-7H3,(H,34,38)/t29-/m1/s1. The van der Waals surface area contributed by atoms with Gasteiger partial charge in [-0.1, -0.05) is 36.8 Å². The number of hydrogen-bond acceptors (Lipinski definition) is 7. The van der Waals surface area contributed by atoms with Gasteiger partial charge in [-0.2, -0.15) is 0 Å². The van der Waals surface area contributed by atoms with E-state index in [9.17, 15) is 18.0 Å². The first-order valence-electron chi connectivity index (χ1n) is 14.6. The number of nitrogens with one attached hydrogen (secondary N) is 1. The maximum atomic E-state index is 14.2. The Labute approximate surface area is 261 Å². The van der Waals surface area contributed by atoms with E-state index < -0.39 is 28.5 Å². The van der Waals surface area contributed by atoms with Crippen molar-refractivity contribution >= 4 is 27.5 Å². The number of rotatable bonds is 15. The predicted molar refractivity (Wildman–Crippen MR) is 171 cm³/mol. The molecule has 0 aromatic heterocycles. The third kappa shape index (κ3) is 8.43. The zero-order valence-corrected chi connectivity index (χ0v) is 27.3. The number of carbonyl (C=O) groups is 2. The molecule has 0 spiro atoms. The molecule has 0 radical (unpaired) electrons. The van der Waals surface area contributed by atoms with Gasteiger partial charge in [-0.3, -0.25) is 13.9 Å². The highest BCUT2D eigenvalue weighted by molar-refractivity contribution is 7.92. The molecule has 1 atom stereocenters. The van der Waals surface area contributed by atoms with E-state index in [0.717, 1.165) is 15.4 Å². The molecule has 0 heterocycles.